The van der Waals surface area contributed by atoms with E-state index < -0.39 is 14.6 Å². The van der Waals surface area contributed by atoms with Gasteiger partial charge in [-0.2, -0.15) is 0 Å². The molecular weight excluding hydrogens is 417 g/mol. The summed E-state index contributed by atoms with van der Waals surface area (Å²) < 4.78 is 27.9. The molecule has 0 rings (SSSR count). The van der Waals surface area contributed by atoms with Gasteiger partial charge in [-0.15, -0.1) is 24.0 Å². The predicted octanol–water partition coefficient (Wildman–Crippen LogP) is 1.66. The Morgan fingerprint density at radius 2 is 1.86 bits per heavy atom. The highest BCUT2D eigenvalue weighted by molar-refractivity contribution is 14.0. The minimum atomic E-state index is -3.11. The van der Waals surface area contributed by atoms with E-state index in [1.807, 2.05) is 0 Å². The number of rotatable bonds is 9. The Hall–Kier alpha value is -0.0900. The summed E-state index contributed by atoms with van der Waals surface area (Å²) in [7, 11) is -1.45. The second kappa shape index (κ2) is 11.4. The first kappa shape index (κ1) is 24.2. The molecule has 0 aromatic carbocycles. The van der Waals surface area contributed by atoms with E-state index >= 15 is 0 Å². The third-order valence-electron chi connectivity index (χ3n) is 3.12. The molecule has 0 spiro atoms. The van der Waals surface area contributed by atoms with E-state index in [0.717, 1.165) is 19.6 Å². The van der Waals surface area contributed by atoms with Gasteiger partial charge in [0.1, 0.15) is 0 Å². The predicted molar refractivity (Wildman–Crippen MR) is 104 cm³/mol. The molecule has 0 aromatic rings. The Kier molecular flexibility index (Phi) is 12.6. The molecule has 22 heavy (non-hydrogen) atoms. The van der Waals surface area contributed by atoms with E-state index in [1.165, 1.54) is 6.26 Å². The van der Waals surface area contributed by atoms with E-state index in [2.05, 4.69) is 29.5 Å². The summed E-state index contributed by atoms with van der Waals surface area (Å²) in [5.74, 6) is 1.15. The van der Waals surface area contributed by atoms with Crippen LogP contribution in [0.5, 0.6) is 0 Å². The number of nitrogens with one attached hydrogen (secondary N) is 2. The highest BCUT2D eigenvalue weighted by Gasteiger charge is 2.30. The lowest BCUT2D eigenvalue weighted by atomic mass is 10.2. The fraction of sp³-hybridized carbons (Fsp3) is 0.929. The normalized spacial score (nSPS) is 13.0. The van der Waals surface area contributed by atoms with Crippen molar-refractivity contribution in [3.05, 3.63) is 0 Å². The van der Waals surface area contributed by atoms with Crippen molar-refractivity contribution in [2.75, 3.05) is 39.6 Å². The van der Waals surface area contributed by atoms with Gasteiger partial charge in [-0.3, -0.25) is 4.99 Å². The summed E-state index contributed by atoms with van der Waals surface area (Å²) in [4.78, 5) is 4.08. The number of nitrogens with zero attached hydrogens (tertiary/aromatic N) is 1. The minimum absolute atomic E-state index is 0. The summed E-state index contributed by atoms with van der Waals surface area (Å²) in [6.07, 6.45) is 2.12. The zero-order valence-corrected chi connectivity index (χ0v) is 17.7. The van der Waals surface area contributed by atoms with Crippen molar-refractivity contribution in [2.24, 2.45) is 10.9 Å². The molecule has 0 unspecified atom stereocenters. The van der Waals surface area contributed by atoms with Crippen LogP contribution in [0, 0.1) is 5.92 Å². The van der Waals surface area contributed by atoms with Crippen LogP contribution in [-0.2, 0) is 14.6 Å². The number of hydrogen-bond acceptors (Lipinski definition) is 4. The van der Waals surface area contributed by atoms with Gasteiger partial charge >= 0.3 is 0 Å². The standard InChI is InChI=1S/C14H31N3O3S.HI/c1-12(2)10-20-9-7-8-16-13(15-5)17-11-14(3,4)21(6,18)19;/h12H,7-11H2,1-6H3,(H2,15,16,17);1H. The summed E-state index contributed by atoms with van der Waals surface area (Å²) in [6, 6.07) is 0. The monoisotopic (exact) mass is 449 g/mol. The summed E-state index contributed by atoms with van der Waals surface area (Å²) in [6.45, 7) is 10.2. The molecule has 6 nitrogen and oxygen atoms in total. The second-order valence-corrected chi connectivity index (χ2v) is 8.86. The molecule has 0 amide bonds. The quantitative estimate of drug-likeness (QED) is 0.242. The van der Waals surface area contributed by atoms with E-state index in [-0.39, 0.29) is 24.0 Å². The van der Waals surface area contributed by atoms with Crippen molar-refractivity contribution in [1.29, 1.82) is 0 Å². The zero-order valence-electron chi connectivity index (χ0n) is 14.6. The topological polar surface area (TPSA) is 79.8 Å². The molecule has 0 radical (unpaired) electrons. The largest absolute Gasteiger partial charge is 0.381 e. The van der Waals surface area contributed by atoms with Gasteiger partial charge in [0.15, 0.2) is 15.8 Å². The van der Waals surface area contributed by atoms with Crippen molar-refractivity contribution >= 4 is 39.8 Å². The van der Waals surface area contributed by atoms with Gasteiger partial charge in [-0.1, -0.05) is 13.8 Å². The number of sulfone groups is 1. The Labute approximate surface area is 152 Å². The van der Waals surface area contributed by atoms with Crippen molar-refractivity contribution in [3.8, 4) is 0 Å². The Morgan fingerprint density at radius 1 is 1.27 bits per heavy atom. The van der Waals surface area contributed by atoms with Crippen LogP contribution in [0.15, 0.2) is 4.99 Å². The van der Waals surface area contributed by atoms with Crippen LogP contribution in [0.25, 0.3) is 0 Å². The molecule has 0 heterocycles. The van der Waals surface area contributed by atoms with Crippen molar-refractivity contribution < 1.29 is 13.2 Å². The van der Waals surface area contributed by atoms with E-state index in [0.29, 0.717) is 25.0 Å². The Morgan fingerprint density at radius 3 is 2.32 bits per heavy atom. The molecule has 0 aliphatic heterocycles. The molecule has 0 bridgehead atoms. The smallest absolute Gasteiger partial charge is 0.191 e. The van der Waals surface area contributed by atoms with Gasteiger partial charge in [0, 0.05) is 39.6 Å². The van der Waals surface area contributed by atoms with Gasteiger partial charge in [-0.25, -0.2) is 8.42 Å². The Balaban J connectivity index is 0. The maximum atomic E-state index is 11.6. The average molecular weight is 449 g/mol. The minimum Gasteiger partial charge on any atom is -0.381 e. The van der Waals surface area contributed by atoms with Crippen LogP contribution in [0.1, 0.15) is 34.1 Å². The first-order valence-corrected chi connectivity index (χ1v) is 9.21. The van der Waals surface area contributed by atoms with Gasteiger partial charge in [0.25, 0.3) is 0 Å². The molecule has 134 valence electrons. The van der Waals surface area contributed by atoms with E-state index in [9.17, 15) is 8.42 Å². The lowest BCUT2D eigenvalue weighted by Crippen LogP contribution is -2.47. The Bertz CT molecular complexity index is 423. The van der Waals surface area contributed by atoms with Crippen molar-refractivity contribution in [3.63, 3.8) is 0 Å². The molecule has 0 fully saturated rings. The van der Waals surface area contributed by atoms with E-state index in [4.69, 9.17) is 4.74 Å². The third kappa shape index (κ3) is 10.6. The fourth-order valence-corrected chi connectivity index (χ4v) is 1.68. The van der Waals surface area contributed by atoms with Crippen LogP contribution < -0.4 is 10.6 Å². The molecule has 0 saturated heterocycles. The average Bonchev–Trinajstić information content (AvgIpc) is 2.35. The molecule has 0 aliphatic carbocycles. The number of halogens is 1. The van der Waals surface area contributed by atoms with Crippen LogP contribution in [-0.4, -0.2) is 58.7 Å². The van der Waals surface area contributed by atoms with Crippen LogP contribution >= 0.6 is 24.0 Å². The first-order chi connectivity index (χ1) is 9.60. The number of ether oxygens (including phenoxy) is 1. The zero-order chi connectivity index (χ0) is 16.5. The van der Waals surface area contributed by atoms with E-state index in [1.54, 1.807) is 20.9 Å². The van der Waals surface area contributed by atoms with Gasteiger partial charge in [-0.05, 0) is 26.2 Å². The maximum Gasteiger partial charge on any atom is 0.191 e. The van der Waals surface area contributed by atoms with Gasteiger partial charge in [0.2, 0.25) is 0 Å². The maximum absolute atomic E-state index is 11.6. The number of aliphatic imine (C=N–C) groups is 1. The van der Waals surface area contributed by atoms with Crippen molar-refractivity contribution in [1.82, 2.24) is 10.6 Å². The summed E-state index contributed by atoms with van der Waals surface area (Å²) in [5, 5.41) is 6.19. The lowest BCUT2D eigenvalue weighted by molar-refractivity contribution is 0.108. The SMILES string of the molecule is CN=C(NCCCOCC(C)C)NCC(C)(C)S(C)(=O)=O.I. The summed E-state index contributed by atoms with van der Waals surface area (Å²) in [5.41, 5.74) is 0. The molecule has 0 aromatic heterocycles. The lowest BCUT2D eigenvalue weighted by Gasteiger charge is -2.24. The van der Waals surface area contributed by atoms with Gasteiger partial charge in [0.05, 0.1) is 4.75 Å². The third-order valence-corrected chi connectivity index (χ3v) is 5.27. The second-order valence-electron chi connectivity index (χ2n) is 6.21. The molecule has 2 N–H and O–H groups in total. The fourth-order valence-electron chi connectivity index (χ4n) is 1.35. The first-order valence-electron chi connectivity index (χ1n) is 7.32. The van der Waals surface area contributed by atoms with Crippen LogP contribution in [0.3, 0.4) is 0 Å². The molecule has 0 atom stereocenters. The molecule has 0 aliphatic rings. The summed E-state index contributed by atoms with van der Waals surface area (Å²) >= 11 is 0. The highest BCUT2D eigenvalue weighted by Crippen LogP contribution is 2.13. The van der Waals surface area contributed by atoms with Crippen molar-refractivity contribution in [2.45, 2.75) is 38.9 Å². The van der Waals surface area contributed by atoms with Gasteiger partial charge < -0.3 is 15.4 Å². The molecular formula is C14H32IN3O3S. The number of guanidine groups is 1. The number of hydrogen-bond donors (Lipinski definition) is 2. The molecule has 8 heteroatoms. The molecule has 0 saturated carbocycles. The highest BCUT2D eigenvalue weighted by atomic mass is 127. The van der Waals surface area contributed by atoms with Crippen LogP contribution in [0.4, 0.5) is 0 Å². The van der Waals surface area contributed by atoms with Crippen LogP contribution in [0.2, 0.25) is 0 Å².